The van der Waals surface area contributed by atoms with Gasteiger partial charge in [0.15, 0.2) is 0 Å². The number of aryl methyl sites for hydroxylation is 1. The standard InChI is InChI=1S/C26H29FN4O/c1-5-20-6-8-21(9-7-20)18(2)16-29-17-19(3)31(27)23-12-10-22(11-13-23)25-24(32-4)14-15-30-26(25)28/h6-17,29H,5H2,1-4H3,(H2,28,30)/b18-16+,19-17+. The molecule has 0 spiro atoms. The average molecular weight is 433 g/mol. The number of rotatable bonds is 8. The summed E-state index contributed by atoms with van der Waals surface area (Å²) >= 11 is 0. The Hall–Kier alpha value is -3.80. The molecule has 32 heavy (non-hydrogen) atoms. The number of hydrogen-bond donors (Lipinski definition) is 2. The smallest absolute Gasteiger partial charge is 0.134 e. The van der Waals surface area contributed by atoms with E-state index in [1.807, 2.05) is 13.1 Å². The molecule has 3 rings (SSSR count). The fraction of sp³-hybridized carbons (Fsp3) is 0.192. The van der Waals surface area contributed by atoms with Gasteiger partial charge in [0.05, 0.1) is 24.1 Å². The van der Waals surface area contributed by atoms with E-state index in [1.54, 1.807) is 56.8 Å². The van der Waals surface area contributed by atoms with Gasteiger partial charge in [0.25, 0.3) is 0 Å². The van der Waals surface area contributed by atoms with Gasteiger partial charge in [-0.05, 0) is 60.7 Å². The number of hydrogen-bond acceptors (Lipinski definition) is 5. The first-order valence-corrected chi connectivity index (χ1v) is 10.5. The van der Waals surface area contributed by atoms with E-state index in [1.165, 1.54) is 5.56 Å². The Morgan fingerprint density at radius 1 is 1.06 bits per heavy atom. The molecule has 0 aliphatic rings. The van der Waals surface area contributed by atoms with Crippen LogP contribution >= 0.6 is 0 Å². The zero-order chi connectivity index (χ0) is 23.1. The van der Waals surface area contributed by atoms with Gasteiger partial charge < -0.3 is 15.8 Å². The quantitative estimate of drug-likeness (QED) is 0.421. The lowest BCUT2D eigenvalue weighted by Gasteiger charge is -2.16. The largest absolute Gasteiger partial charge is 0.496 e. The van der Waals surface area contributed by atoms with Crippen molar-refractivity contribution in [3.05, 3.63) is 90.0 Å². The highest BCUT2D eigenvalue weighted by atomic mass is 19.2. The molecule has 5 nitrogen and oxygen atoms in total. The van der Waals surface area contributed by atoms with E-state index in [9.17, 15) is 4.48 Å². The topological polar surface area (TPSA) is 63.4 Å². The van der Waals surface area contributed by atoms with Crippen molar-refractivity contribution in [3.63, 3.8) is 0 Å². The molecule has 1 heterocycles. The van der Waals surface area contributed by atoms with Gasteiger partial charge in [0.2, 0.25) is 0 Å². The number of aromatic nitrogens is 1. The summed E-state index contributed by atoms with van der Waals surface area (Å²) in [7, 11) is 1.58. The second kappa shape index (κ2) is 10.5. The van der Waals surface area contributed by atoms with E-state index in [0.717, 1.165) is 23.1 Å². The summed E-state index contributed by atoms with van der Waals surface area (Å²) in [4.78, 5) is 4.12. The van der Waals surface area contributed by atoms with Crippen LogP contribution in [0, 0.1) is 0 Å². The molecule has 0 aliphatic carbocycles. The van der Waals surface area contributed by atoms with Crippen LogP contribution in [-0.4, -0.2) is 12.1 Å². The van der Waals surface area contributed by atoms with E-state index < -0.39 is 0 Å². The molecule has 0 atom stereocenters. The van der Waals surface area contributed by atoms with Crippen LogP contribution in [0.25, 0.3) is 16.7 Å². The van der Waals surface area contributed by atoms with E-state index in [4.69, 9.17) is 10.5 Å². The average Bonchev–Trinajstić information content (AvgIpc) is 2.83. The first kappa shape index (κ1) is 22.9. The molecule has 6 heteroatoms. The lowest BCUT2D eigenvalue weighted by Crippen LogP contribution is -2.11. The van der Waals surface area contributed by atoms with Crippen molar-refractivity contribution < 1.29 is 9.22 Å². The molecule has 0 unspecified atom stereocenters. The zero-order valence-corrected chi connectivity index (χ0v) is 18.9. The van der Waals surface area contributed by atoms with Crippen LogP contribution in [0.2, 0.25) is 0 Å². The van der Waals surface area contributed by atoms with Crippen LogP contribution in [0.15, 0.2) is 78.9 Å². The van der Waals surface area contributed by atoms with E-state index in [-0.39, 0.29) is 0 Å². The number of allylic oxidation sites excluding steroid dienone is 2. The lowest BCUT2D eigenvalue weighted by atomic mass is 10.1. The predicted octanol–water partition coefficient (Wildman–Crippen LogP) is 6.10. The molecule has 0 amide bonds. The first-order chi connectivity index (χ1) is 15.4. The van der Waals surface area contributed by atoms with Crippen LogP contribution in [0.1, 0.15) is 31.9 Å². The number of nitrogens with one attached hydrogen (secondary N) is 1. The number of ether oxygens (including phenoxy) is 1. The summed E-state index contributed by atoms with van der Waals surface area (Å²) in [5, 5.41) is 3.70. The van der Waals surface area contributed by atoms with Crippen molar-refractivity contribution in [2.45, 2.75) is 27.2 Å². The minimum Gasteiger partial charge on any atom is -0.496 e. The summed E-state index contributed by atoms with van der Waals surface area (Å²) < 4.78 is 20.2. The van der Waals surface area contributed by atoms with E-state index in [0.29, 0.717) is 33.6 Å². The molecule has 0 saturated carbocycles. The van der Waals surface area contributed by atoms with Crippen LogP contribution in [0.4, 0.5) is 16.0 Å². The van der Waals surface area contributed by atoms with Crippen molar-refractivity contribution in [3.8, 4) is 16.9 Å². The second-order valence-corrected chi connectivity index (χ2v) is 7.43. The second-order valence-electron chi connectivity index (χ2n) is 7.43. The number of nitrogens with zero attached hydrogens (tertiary/aromatic N) is 2. The van der Waals surface area contributed by atoms with Gasteiger partial charge in [-0.2, -0.15) is 5.12 Å². The van der Waals surface area contributed by atoms with Crippen LogP contribution in [0.5, 0.6) is 5.75 Å². The summed E-state index contributed by atoms with van der Waals surface area (Å²) in [6, 6.07) is 17.1. The van der Waals surface area contributed by atoms with Gasteiger partial charge in [0.1, 0.15) is 11.6 Å². The van der Waals surface area contributed by atoms with Crippen LogP contribution in [0.3, 0.4) is 0 Å². The molecule has 1 aromatic heterocycles. The number of methoxy groups -OCH3 is 1. The molecular weight excluding hydrogens is 403 g/mol. The summed E-state index contributed by atoms with van der Waals surface area (Å²) in [5.74, 6) is 0.982. The Morgan fingerprint density at radius 3 is 2.38 bits per heavy atom. The summed E-state index contributed by atoms with van der Waals surface area (Å²) in [5.41, 5.74) is 11.8. The predicted molar refractivity (Wildman–Crippen MR) is 131 cm³/mol. The molecule has 0 bridgehead atoms. The Morgan fingerprint density at radius 2 is 1.75 bits per heavy atom. The number of benzene rings is 2. The van der Waals surface area contributed by atoms with Gasteiger partial charge >= 0.3 is 0 Å². The highest BCUT2D eigenvalue weighted by Gasteiger charge is 2.12. The van der Waals surface area contributed by atoms with Gasteiger partial charge in [-0.25, -0.2) is 4.98 Å². The minimum atomic E-state index is 0.362. The molecule has 3 aromatic rings. The Kier molecular flexibility index (Phi) is 7.49. The van der Waals surface area contributed by atoms with Crippen molar-refractivity contribution in [1.82, 2.24) is 10.3 Å². The number of pyridine rings is 1. The Bertz CT molecular complexity index is 1110. The number of nitrogens with two attached hydrogens (primary N) is 1. The third-order valence-corrected chi connectivity index (χ3v) is 5.26. The maximum Gasteiger partial charge on any atom is 0.134 e. The van der Waals surface area contributed by atoms with Crippen molar-refractivity contribution in [2.24, 2.45) is 0 Å². The van der Waals surface area contributed by atoms with Crippen LogP contribution in [-0.2, 0) is 6.42 Å². The first-order valence-electron chi connectivity index (χ1n) is 10.5. The molecule has 0 fully saturated rings. The minimum absolute atomic E-state index is 0.362. The van der Waals surface area contributed by atoms with Gasteiger partial charge in [-0.3, -0.25) is 0 Å². The van der Waals surface area contributed by atoms with Crippen molar-refractivity contribution >= 4 is 17.1 Å². The number of nitrogen functional groups attached to an aromatic ring is 1. The molecular formula is C26H29FN4O. The molecule has 166 valence electrons. The summed E-state index contributed by atoms with van der Waals surface area (Å²) in [6.07, 6.45) is 6.09. The van der Waals surface area contributed by atoms with Crippen LogP contribution < -0.4 is 20.9 Å². The molecule has 2 aromatic carbocycles. The maximum absolute atomic E-state index is 14.9. The highest BCUT2D eigenvalue weighted by molar-refractivity contribution is 5.80. The Labute approximate surface area is 189 Å². The van der Waals surface area contributed by atoms with Gasteiger partial charge in [0, 0.05) is 18.6 Å². The van der Waals surface area contributed by atoms with Crippen molar-refractivity contribution in [2.75, 3.05) is 18.0 Å². The number of halogens is 1. The molecule has 0 aliphatic heterocycles. The number of anilines is 2. The lowest BCUT2D eigenvalue weighted by molar-refractivity contribution is 0.416. The fourth-order valence-electron chi connectivity index (χ4n) is 3.31. The highest BCUT2D eigenvalue weighted by Crippen LogP contribution is 2.35. The van der Waals surface area contributed by atoms with Crippen molar-refractivity contribution in [1.29, 1.82) is 0 Å². The SMILES string of the molecule is CCc1ccc(/C(C)=C/N/C=C(\C)N(F)c2ccc(-c3c(OC)ccnc3N)cc2)cc1. The third-order valence-electron chi connectivity index (χ3n) is 5.26. The van der Waals surface area contributed by atoms with Gasteiger partial charge in [-0.1, -0.05) is 47.8 Å². The van der Waals surface area contributed by atoms with Gasteiger partial charge in [-0.15, -0.1) is 0 Å². The normalized spacial score (nSPS) is 11.9. The maximum atomic E-state index is 14.9. The fourth-order valence-corrected chi connectivity index (χ4v) is 3.31. The third kappa shape index (κ3) is 5.27. The Balaban J connectivity index is 1.70. The molecule has 0 saturated heterocycles. The zero-order valence-electron chi connectivity index (χ0n) is 18.9. The van der Waals surface area contributed by atoms with E-state index >= 15 is 0 Å². The summed E-state index contributed by atoms with van der Waals surface area (Å²) in [6.45, 7) is 5.85. The van der Waals surface area contributed by atoms with E-state index in [2.05, 4.69) is 41.5 Å². The monoisotopic (exact) mass is 432 g/mol. The molecule has 0 radical (unpaired) electrons. The molecule has 3 N–H and O–H groups in total.